The van der Waals surface area contributed by atoms with Gasteiger partial charge in [-0.15, -0.1) is 0 Å². The van der Waals surface area contributed by atoms with Crippen molar-refractivity contribution in [3.63, 3.8) is 0 Å². The van der Waals surface area contributed by atoms with Crippen molar-refractivity contribution in [1.29, 1.82) is 0 Å². The number of nitrogens with one attached hydrogen (secondary N) is 7. The van der Waals surface area contributed by atoms with Crippen LogP contribution in [0, 0.1) is 5.92 Å². The summed E-state index contributed by atoms with van der Waals surface area (Å²) in [6.07, 6.45) is 4.58. The van der Waals surface area contributed by atoms with E-state index in [2.05, 4.69) is 36.6 Å². The van der Waals surface area contributed by atoms with Gasteiger partial charge in [-0.05, 0) is 60.2 Å². The number of benzene rings is 4. The second-order valence-electron chi connectivity index (χ2n) is 15.6. The largest absolute Gasteiger partial charge is 0.368 e. The molecule has 0 saturated heterocycles. The monoisotopic (exact) mass is 810 g/mol. The third-order valence-corrected chi connectivity index (χ3v) is 10.7. The molecule has 2 aromatic heterocycles. The van der Waals surface area contributed by atoms with Gasteiger partial charge in [-0.1, -0.05) is 111 Å². The van der Waals surface area contributed by atoms with Crippen LogP contribution in [0.4, 0.5) is 0 Å². The molecule has 13 nitrogen and oxygen atoms in total. The highest BCUT2D eigenvalue weighted by molar-refractivity contribution is 5.97. The number of H-pyrrole nitrogens is 2. The molecule has 60 heavy (non-hydrogen) atoms. The van der Waals surface area contributed by atoms with Crippen molar-refractivity contribution in [2.75, 3.05) is 7.05 Å². The third-order valence-electron chi connectivity index (χ3n) is 10.7. The second-order valence-corrected chi connectivity index (χ2v) is 15.6. The third kappa shape index (κ3) is 11.3. The summed E-state index contributed by atoms with van der Waals surface area (Å²) in [6.45, 7) is 3.83. The Bertz CT molecular complexity index is 2390. The van der Waals surface area contributed by atoms with Gasteiger partial charge in [-0.25, -0.2) is 0 Å². The zero-order chi connectivity index (χ0) is 42.6. The van der Waals surface area contributed by atoms with Gasteiger partial charge in [0.25, 0.3) is 0 Å². The topological polar surface area (TPSA) is 203 Å². The lowest BCUT2D eigenvalue weighted by molar-refractivity contribution is -0.134. The molecule has 0 spiro atoms. The van der Waals surface area contributed by atoms with E-state index < -0.39 is 53.8 Å². The number of fused-ring (bicyclic) bond motifs is 2. The minimum Gasteiger partial charge on any atom is -0.368 e. The van der Waals surface area contributed by atoms with E-state index in [0.29, 0.717) is 12.8 Å². The number of amides is 5. The van der Waals surface area contributed by atoms with Gasteiger partial charge in [-0.3, -0.25) is 24.0 Å². The Morgan fingerprint density at radius 2 is 0.867 bits per heavy atom. The number of hydrogen-bond donors (Lipinski definition) is 8. The maximum atomic E-state index is 14.6. The van der Waals surface area contributed by atoms with E-state index in [9.17, 15) is 24.0 Å². The molecule has 0 aliphatic rings. The first-order valence-electron chi connectivity index (χ1n) is 20.3. The number of nitrogens with two attached hydrogens (primary N) is 1. The van der Waals surface area contributed by atoms with Crippen molar-refractivity contribution in [2.24, 2.45) is 11.7 Å². The summed E-state index contributed by atoms with van der Waals surface area (Å²) in [4.78, 5) is 76.1. The first kappa shape index (κ1) is 42.9. The van der Waals surface area contributed by atoms with Crippen LogP contribution >= 0.6 is 0 Å². The average Bonchev–Trinajstić information content (AvgIpc) is 3.86. The highest BCUT2D eigenvalue weighted by atomic mass is 16.2. The van der Waals surface area contributed by atoms with Crippen LogP contribution in [0.5, 0.6) is 0 Å². The maximum absolute atomic E-state index is 14.6. The summed E-state index contributed by atoms with van der Waals surface area (Å²) < 4.78 is 0. The lowest BCUT2D eigenvalue weighted by Crippen LogP contribution is -2.60. The predicted molar refractivity (Wildman–Crippen MR) is 234 cm³/mol. The van der Waals surface area contributed by atoms with E-state index in [-0.39, 0.29) is 31.1 Å². The van der Waals surface area contributed by atoms with Crippen LogP contribution in [0.3, 0.4) is 0 Å². The van der Waals surface area contributed by atoms with E-state index in [0.717, 1.165) is 44.1 Å². The molecule has 0 saturated carbocycles. The summed E-state index contributed by atoms with van der Waals surface area (Å²) in [7, 11) is 1.69. The van der Waals surface area contributed by atoms with Gasteiger partial charge < -0.3 is 42.3 Å². The molecule has 0 aliphatic carbocycles. The molecule has 0 radical (unpaired) electrons. The molecular formula is C47H54N8O5. The lowest BCUT2D eigenvalue weighted by atomic mass is 9.99. The Kier molecular flexibility index (Phi) is 14.5. The van der Waals surface area contributed by atoms with Crippen LogP contribution < -0.4 is 32.3 Å². The smallest absolute Gasteiger partial charge is 0.243 e. The van der Waals surface area contributed by atoms with Gasteiger partial charge in [0, 0.05) is 53.5 Å². The SMILES string of the molecule is CN[C@H](Cc1ccccc1)C(=O)N[C@H](Cc1c[nH]c2ccccc12)C(=O)N[C@@H](Cc1ccccc1)C(=O)N[C@H](Cc1c[nH]c2ccccc12)C(=O)N[C@@H](CC(C)C)C(N)=O. The van der Waals surface area contributed by atoms with Gasteiger partial charge in [0.05, 0.1) is 6.04 Å². The van der Waals surface area contributed by atoms with Gasteiger partial charge in [0.15, 0.2) is 0 Å². The molecule has 5 atom stereocenters. The average molecular weight is 811 g/mol. The van der Waals surface area contributed by atoms with Crippen LogP contribution in [-0.4, -0.2) is 76.8 Å². The molecule has 9 N–H and O–H groups in total. The molecule has 5 amide bonds. The molecule has 312 valence electrons. The normalized spacial score (nSPS) is 13.9. The Labute approximate surface area is 349 Å². The minimum absolute atomic E-state index is 0.0503. The number of primary amides is 1. The van der Waals surface area contributed by atoms with Gasteiger partial charge in [0.2, 0.25) is 29.5 Å². The summed E-state index contributed by atoms with van der Waals surface area (Å²) in [6, 6.07) is 29.1. The molecule has 6 aromatic rings. The van der Waals surface area contributed by atoms with Crippen molar-refractivity contribution in [3.05, 3.63) is 144 Å². The van der Waals surface area contributed by atoms with Crippen molar-refractivity contribution in [3.8, 4) is 0 Å². The number of hydrogen-bond acceptors (Lipinski definition) is 6. The Hall–Kier alpha value is -6.73. The number of likely N-dealkylation sites (N-methyl/N-ethyl adjacent to an activating group) is 1. The number of para-hydroxylation sites is 2. The van der Waals surface area contributed by atoms with Crippen LogP contribution in [0.2, 0.25) is 0 Å². The fourth-order valence-corrected chi connectivity index (χ4v) is 7.50. The zero-order valence-corrected chi connectivity index (χ0v) is 34.2. The van der Waals surface area contributed by atoms with Crippen LogP contribution in [-0.2, 0) is 49.7 Å². The lowest BCUT2D eigenvalue weighted by Gasteiger charge is -2.27. The van der Waals surface area contributed by atoms with Crippen LogP contribution in [0.1, 0.15) is 42.5 Å². The fourth-order valence-electron chi connectivity index (χ4n) is 7.50. The first-order valence-corrected chi connectivity index (χ1v) is 20.3. The quantitative estimate of drug-likeness (QED) is 0.0573. The highest BCUT2D eigenvalue weighted by Crippen LogP contribution is 2.21. The molecule has 6 rings (SSSR count). The van der Waals surface area contributed by atoms with E-state index in [1.54, 1.807) is 13.2 Å². The van der Waals surface area contributed by atoms with E-state index in [1.807, 2.05) is 129 Å². The Morgan fingerprint density at radius 1 is 0.500 bits per heavy atom. The number of carbonyl (C=O) groups excluding carboxylic acids is 5. The predicted octanol–water partition coefficient (Wildman–Crippen LogP) is 3.98. The first-order chi connectivity index (χ1) is 29.0. The van der Waals surface area contributed by atoms with Crippen LogP contribution in [0.15, 0.2) is 122 Å². The second kappa shape index (κ2) is 20.3. The molecular weight excluding hydrogens is 757 g/mol. The number of carbonyl (C=O) groups is 5. The molecule has 0 aliphatic heterocycles. The summed E-state index contributed by atoms with van der Waals surface area (Å²) in [5, 5.41) is 16.5. The summed E-state index contributed by atoms with van der Waals surface area (Å²) >= 11 is 0. The minimum atomic E-state index is -1.17. The van der Waals surface area contributed by atoms with Crippen molar-refractivity contribution < 1.29 is 24.0 Å². The van der Waals surface area contributed by atoms with Crippen molar-refractivity contribution >= 4 is 51.3 Å². The number of aromatic nitrogens is 2. The summed E-state index contributed by atoms with van der Waals surface area (Å²) in [5.74, 6) is -2.82. The van der Waals surface area contributed by atoms with Gasteiger partial charge >= 0.3 is 0 Å². The number of rotatable bonds is 20. The molecule has 0 bridgehead atoms. The Balaban J connectivity index is 1.30. The molecule has 0 fully saturated rings. The zero-order valence-electron chi connectivity index (χ0n) is 34.2. The highest BCUT2D eigenvalue weighted by Gasteiger charge is 2.33. The van der Waals surface area contributed by atoms with Crippen molar-refractivity contribution in [1.82, 2.24) is 36.6 Å². The summed E-state index contributed by atoms with van der Waals surface area (Å²) in [5.41, 5.74) is 10.7. The molecule has 0 unspecified atom stereocenters. The van der Waals surface area contributed by atoms with E-state index >= 15 is 0 Å². The van der Waals surface area contributed by atoms with E-state index in [4.69, 9.17) is 5.73 Å². The Morgan fingerprint density at radius 3 is 1.28 bits per heavy atom. The molecule has 4 aromatic carbocycles. The van der Waals surface area contributed by atoms with Crippen molar-refractivity contribution in [2.45, 2.75) is 76.2 Å². The standard InChI is InChI=1S/C47H54N8O5/c1-29(2)22-38(43(48)56)52-46(59)41(25-32-27-50-36-20-12-10-18-34(32)36)55-45(58)40(24-31-16-8-5-9-17-31)53-47(60)42(26-33-28-51-37-21-13-11-19-35(33)37)54-44(57)39(49-3)23-30-14-6-4-7-15-30/h4-21,27-29,38-42,49-51H,22-26H2,1-3H3,(H2,48,56)(H,52,59)(H,53,60)(H,54,57)(H,55,58)/t38-,39+,40-,41+,42+/m0/s1. The van der Waals surface area contributed by atoms with Gasteiger partial charge in [0.1, 0.15) is 24.2 Å². The van der Waals surface area contributed by atoms with Crippen LogP contribution in [0.25, 0.3) is 21.8 Å². The molecule has 13 heteroatoms. The fraction of sp³-hybridized carbons (Fsp3) is 0.298. The number of aromatic amines is 2. The molecule has 2 heterocycles. The van der Waals surface area contributed by atoms with Gasteiger partial charge in [-0.2, -0.15) is 0 Å². The maximum Gasteiger partial charge on any atom is 0.243 e. The van der Waals surface area contributed by atoms with E-state index in [1.165, 1.54) is 0 Å².